The van der Waals surface area contributed by atoms with E-state index in [1.807, 2.05) is 24.5 Å². The van der Waals surface area contributed by atoms with Crippen LogP contribution < -0.4 is 0 Å². The first-order chi connectivity index (χ1) is 9.28. The van der Waals surface area contributed by atoms with Crippen molar-refractivity contribution in [2.75, 3.05) is 33.4 Å². The lowest BCUT2D eigenvalue weighted by Gasteiger charge is -2.32. The number of pyridine rings is 1. The summed E-state index contributed by atoms with van der Waals surface area (Å²) in [6.45, 7) is 3.37. The summed E-state index contributed by atoms with van der Waals surface area (Å²) in [6.07, 6.45) is 4.91. The van der Waals surface area contributed by atoms with Crippen molar-refractivity contribution < 1.29 is 14.3 Å². The third-order valence-corrected chi connectivity index (χ3v) is 3.31. The molecule has 1 aliphatic heterocycles. The number of nitrogens with zero attached hydrogens (tertiary/aromatic N) is 2. The van der Waals surface area contributed by atoms with Crippen molar-refractivity contribution in [3.63, 3.8) is 0 Å². The van der Waals surface area contributed by atoms with Crippen LogP contribution in [0.15, 0.2) is 24.5 Å². The van der Waals surface area contributed by atoms with Crippen LogP contribution in [0.3, 0.4) is 0 Å². The van der Waals surface area contributed by atoms with E-state index in [1.54, 1.807) is 0 Å². The molecular formula is C14H20N2O3. The van der Waals surface area contributed by atoms with Gasteiger partial charge in [0.25, 0.3) is 0 Å². The zero-order valence-corrected chi connectivity index (χ0v) is 11.2. The second-order valence-electron chi connectivity index (χ2n) is 4.68. The number of aromatic nitrogens is 1. The molecule has 1 unspecified atom stereocenters. The Morgan fingerprint density at radius 3 is 3.05 bits per heavy atom. The van der Waals surface area contributed by atoms with E-state index in [9.17, 15) is 4.79 Å². The summed E-state index contributed by atoms with van der Waals surface area (Å²) in [5.74, 6) is -0.207. The van der Waals surface area contributed by atoms with Crippen LogP contribution in [0, 0.1) is 0 Å². The Morgan fingerprint density at radius 1 is 1.53 bits per heavy atom. The largest absolute Gasteiger partial charge is 0.469 e. The Balaban J connectivity index is 1.76. The van der Waals surface area contributed by atoms with Gasteiger partial charge in [0.2, 0.25) is 0 Å². The van der Waals surface area contributed by atoms with Gasteiger partial charge in [-0.1, -0.05) is 0 Å². The lowest BCUT2D eigenvalue weighted by atomic mass is 10.1. The maximum absolute atomic E-state index is 11.2. The molecule has 1 aromatic rings. The van der Waals surface area contributed by atoms with Crippen LogP contribution in [0.25, 0.3) is 0 Å². The van der Waals surface area contributed by atoms with Crippen molar-refractivity contribution in [1.29, 1.82) is 0 Å². The van der Waals surface area contributed by atoms with Gasteiger partial charge in [0.15, 0.2) is 0 Å². The van der Waals surface area contributed by atoms with Gasteiger partial charge in [-0.15, -0.1) is 0 Å². The average molecular weight is 264 g/mol. The summed E-state index contributed by atoms with van der Waals surface area (Å²) in [4.78, 5) is 17.6. The molecule has 0 N–H and O–H groups in total. The van der Waals surface area contributed by atoms with Gasteiger partial charge in [0, 0.05) is 32.0 Å². The average Bonchev–Trinajstić information content (AvgIpc) is 2.46. The first-order valence-electron chi connectivity index (χ1n) is 6.57. The van der Waals surface area contributed by atoms with Gasteiger partial charge in [-0.05, 0) is 24.1 Å². The van der Waals surface area contributed by atoms with Gasteiger partial charge in [-0.3, -0.25) is 14.7 Å². The van der Waals surface area contributed by atoms with Gasteiger partial charge in [0.05, 0.1) is 26.2 Å². The Kier molecular flexibility index (Phi) is 5.30. The monoisotopic (exact) mass is 264 g/mol. The standard InChI is InChI=1S/C14H20N2O3/c1-18-14(17)10-13-11-16(8-9-19-13)7-4-12-2-5-15-6-3-12/h2-3,5-6,13H,4,7-11H2,1H3. The molecule has 0 radical (unpaired) electrons. The predicted molar refractivity (Wildman–Crippen MR) is 70.8 cm³/mol. The number of hydrogen-bond acceptors (Lipinski definition) is 5. The summed E-state index contributed by atoms with van der Waals surface area (Å²) < 4.78 is 10.3. The molecule has 0 bridgehead atoms. The van der Waals surface area contributed by atoms with E-state index in [0.29, 0.717) is 13.0 Å². The van der Waals surface area contributed by atoms with Gasteiger partial charge in [0.1, 0.15) is 0 Å². The lowest BCUT2D eigenvalue weighted by molar-refractivity contribution is -0.145. The van der Waals surface area contributed by atoms with Gasteiger partial charge >= 0.3 is 5.97 Å². The second-order valence-corrected chi connectivity index (χ2v) is 4.68. The zero-order valence-electron chi connectivity index (χ0n) is 11.2. The van der Waals surface area contributed by atoms with Crippen molar-refractivity contribution >= 4 is 5.97 Å². The Labute approximate surface area is 113 Å². The number of carbonyl (C=O) groups excluding carboxylic acids is 1. The van der Waals surface area contributed by atoms with Crippen LogP contribution in [0.1, 0.15) is 12.0 Å². The minimum atomic E-state index is -0.207. The van der Waals surface area contributed by atoms with Crippen LogP contribution >= 0.6 is 0 Å². The maximum atomic E-state index is 11.2. The molecule has 5 heteroatoms. The summed E-state index contributed by atoms with van der Waals surface area (Å²) in [6, 6.07) is 4.07. The summed E-state index contributed by atoms with van der Waals surface area (Å²) in [7, 11) is 1.41. The van der Waals surface area contributed by atoms with E-state index in [1.165, 1.54) is 12.7 Å². The molecule has 104 valence electrons. The minimum absolute atomic E-state index is 0.0429. The molecule has 19 heavy (non-hydrogen) atoms. The highest BCUT2D eigenvalue weighted by Crippen LogP contribution is 2.10. The number of esters is 1. The van der Waals surface area contributed by atoms with E-state index >= 15 is 0 Å². The third kappa shape index (κ3) is 4.61. The highest BCUT2D eigenvalue weighted by Gasteiger charge is 2.22. The normalized spacial score (nSPS) is 20.2. The molecule has 0 saturated carbocycles. The van der Waals surface area contributed by atoms with E-state index in [2.05, 4.69) is 14.6 Å². The molecule has 2 heterocycles. The van der Waals surface area contributed by atoms with Gasteiger partial charge in [-0.25, -0.2) is 0 Å². The molecule has 0 spiro atoms. The summed E-state index contributed by atoms with van der Waals surface area (Å²) in [5.41, 5.74) is 1.28. The SMILES string of the molecule is COC(=O)CC1CN(CCc2ccncc2)CCO1. The van der Waals surface area contributed by atoms with Crippen LogP contribution in [0.5, 0.6) is 0 Å². The first kappa shape index (κ1) is 14.0. The van der Waals surface area contributed by atoms with E-state index in [0.717, 1.165) is 26.1 Å². The molecule has 2 rings (SSSR count). The van der Waals surface area contributed by atoms with Crippen molar-refractivity contribution in [3.05, 3.63) is 30.1 Å². The van der Waals surface area contributed by atoms with Gasteiger partial charge < -0.3 is 9.47 Å². The number of ether oxygens (including phenoxy) is 2. The number of hydrogen-bond donors (Lipinski definition) is 0. The number of carbonyl (C=O) groups is 1. The van der Waals surface area contributed by atoms with Crippen LogP contribution in [0.2, 0.25) is 0 Å². The van der Waals surface area contributed by atoms with E-state index in [4.69, 9.17) is 4.74 Å². The Hall–Kier alpha value is -1.46. The molecule has 1 saturated heterocycles. The fourth-order valence-electron chi connectivity index (χ4n) is 2.21. The summed E-state index contributed by atoms with van der Waals surface area (Å²) >= 11 is 0. The Bertz CT molecular complexity index is 397. The third-order valence-electron chi connectivity index (χ3n) is 3.31. The molecule has 1 aliphatic rings. The number of rotatable bonds is 5. The number of morpholine rings is 1. The van der Waals surface area contributed by atoms with Crippen molar-refractivity contribution in [2.24, 2.45) is 0 Å². The summed E-state index contributed by atoms with van der Waals surface area (Å²) in [5, 5.41) is 0. The first-order valence-corrected chi connectivity index (χ1v) is 6.57. The van der Waals surface area contributed by atoms with Crippen LogP contribution in [0.4, 0.5) is 0 Å². The zero-order chi connectivity index (χ0) is 13.5. The fraction of sp³-hybridized carbons (Fsp3) is 0.571. The van der Waals surface area contributed by atoms with Crippen molar-refractivity contribution in [2.45, 2.75) is 18.9 Å². The highest BCUT2D eigenvalue weighted by atomic mass is 16.5. The van der Waals surface area contributed by atoms with Gasteiger partial charge in [-0.2, -0.15) is 0 Å². The molecule has 1 fully saturated rings. The number of methoxy groups -OCH3 is 1. The maximum Gasteiger partial charge on any atom is 0.308 e. The topological polar surface area (TPSA) is 51.7 Å². The lowest BCUT2D eigenvalue weighted by Crippen LogP contribution is -2.44. The predicted octanol–water partition coefficient (Wildman–Crippen LogP) is 0.888. The van der Waals surface area contributed by atoms with Crippen molar-refractivity contribution in [1.82, 2.24) is 9.88 Å². The Morgan fingerprint density at radius 2 is 2.32 bits per heavy atom. The molecular weight excluding hydrogens is 244 g/mol. The molecule has 0 aromatic carbocycles. The molecule has 1 atom stereocenters. The molecule has 0 aliphatic carbocycles. The minimum Gasteiger partial charge on any atom is -0.469 e. The quantitative estimate of drug-likeness (QED) is 0.739. The molecule has 5 nitrogen and oxygen atoms in total. The highest BCUT2D eigenvalue weighted by molar-refractivity contribution is 5.69. The molecule has 0 amide bonds. The van der Waals surface area contributed by atoms with Crippen LogP contribution in [-0.2, 0) is 20.7 Å². The van der Waals surface area contributed by atoms with Crippen molar-refractivity contribution in [3.8, 4) is 0 Å². The smallest absolute Gasteiger partial charge is 0.308 e. The van der Waals surface area contributed by atoms with Crippen LogP contribution in [-0.4, -0.2) is 55.3 Å². The van der Waals surface area contributed by atoms with E-state index < -0.39 is 0 Å². The fourth-order valence-corrected chi connectivity index (χ4v) is 2.21. The molecule has 1 aromatic heterocycles. The second kappa shape index (κ2) is 7.21. The van der Waals surface area contributed by atoms with E-state index in [-0.39, 0.29) is 12.1 Å².